The molecule has 5 rings (SSSR count). The van der Waals surface area contributed by atoms with Gasteiger partial charge in [-0.05, 0) is 18.6 Å². The first-order valence-corrected chi connectivity index (χ1v) is 11.7. The molecule has 3 aromatic heterocycles. The van der Waals surface area contributed by atoms with Crippen LogP contribution in [0.5, 0.6) is 0 Å². The number of fused-ring (bicyclic) bond motifs is 1. The first kappa shape index (κ1) is 21.6. The van der Waals surface area contributed by atoms with Crippen LogP contribution < -0.4 is 15.1 Å². The summed E-state index contributed by atoms with van der Waals surface area (Å²) in [5.74, 6) is 0.872. The van der Waals surface area contributed by atoms with Crippen LogP contribution in [-0.2, 0) is 6.54 Å². The Kier molecular flexibility index (Phi) is 5.38. The van der Waals surface area contributed by atoms with Crippen molar-refractivity contribution >= 4 is 44.6 Å². The zero-order valence-electron chi connectivity index (χ0n) is 18.7. The fraction of sp³-hybridized carbons (Fsp3) is 0.391. The monoisotopic (exact) mass is 464 g/mol. The minimum atomic E-state index is -0.594. The van der Waals surface area contributed by atoms with Crippen molar-refractivity contribution in [3.8, 4) is 6.07 Å². The Morgan fingerprint density at radius 3 is 2.88 bits per heavy atom. The predicted octanol–water partition coefficient (Wildman–Crippen LogP) is 3.50. The van der Waals surface area contributed by atoms with Crippen molar-refractivity contribution < 1.29 is 4.39 Å². The maximum atomic E-state index is 12.5. The molecule has 10 heteroatoms. The van der Waals surface area contributed by atoms with Crippen molar-refractivity contribution in [2.45, 2.75) is 13.5 Å². The van der Waals surface area contributed by atoms with E-state index in [0.717, 1.165) is 43.1 Å². The minimum absolute atomic E-state index is 0.423. The fourth-order valence-electron chi connectivity index (χ4n) is 4.49. The molecule has 0 atom stereocenters. The number of nitrogens with zero attached hydrogens (tertiary/aromatic N) is 7. The van der Waals surface area contributed by atoms with E-state index in [1.165, 1.54) is 17.4 Å². The number of hydrogen-bond acceptors (Lipinski definition) is 8. The zero-order chi connectivity index (χ0) is 23.2. The van der Waals surface area contributed by atoms with Crippen molar-refractivity contribution in [3.63, 3.8) is 0 Å². The third-order valence-corrected chi connectivity index (χ3v) is 7.34. The summed E-state index contributed by atoms with van der Waals surface area (Å²) in [5, 5.41) is 19.2. The van der Waals surface area contributed by atoms with Crippen LogP contribution in [0.4, 0.5) is 21.0 Å². The van der Waals surface area contributed by atoms with Crippen LogP contribution in [0, 0.1) is 16.7 Å². The number of allylic oxidation sites excluding steroid dienone is 3. The molecule has 2 aliphatic rings. The second kappa shape index (κ2) is 8.24. The molecule has 2 aliphatic heterocycles. The van der Waals surface area contributed by atoms with Crippen molar-refractivity contribution in [1.29, 1.82) is 5.26 Å². The Morgan fingerprint density at radius 1 is 1.45 bits per heavy atom. The molecule has 5 heterocycles. The molecule has 3 aromatic rings. The van der Waals surface area contributed by atoms with Gasteiger partial charge in [0, 0.05) is 45.2 Å². The summed E-state index contributed by atoms with van der Waals surface area (Å²) in [6, 6.07) is 4.34. The molecule has 2 saturated heterocycles. The number of pyridine rings is 1. The lowest BCUT2D eigenvalue weighted by atomic mass is 9.74. The lowest BCUT2D eigenvalue weighted by Gasteiger charge is -2.57. The third kappa shape index (κ3) is 3.57. The molecule has 0 saturated carbocycles. The van der Waals surface area contributed by atoms with Gasteiger partial charge in [0.25, 0.3) is 0 Å². The van der Waals surface area contributed by atoms with Crippen LogP contribution in [0.15, 0.2) is 31.0 Å². The summed E-state index contributed by atoms with van der Waals surface area (Å²) >= 11 is 1.28. The highest BCUT2D eigenvalue weighted by Gasteiger charge is 2.47. The molecule has 0 radical (unpaired) electrons. The molecular weight excluding hydrogens is 439 g/mol. The molecule has 0 unspecified atom stereocenters. The average Bonchev–Trinajstić information content (AvgIpc) is 3.36. The number of rotatable bonds is 7. The van der Waals surface area contributed by atoms with Crippen LogP contribution in [0.1, 0.15) is 17.5 Å². The van der Waals surface area contributed by atoms with Gasteiger partial charge in [-0.1, -0.05) is 30.1 Å². The van der Waals surface area contributed by atoms with Gasteiger partial charge in [-0.3, -0.25) is 0 Å². The Labute approximate surface area is 195 Å². The summed E-state index contributed by atoms with van der Waals surface area (Å²) in [7, 11) is 1.91. The molecule has 2 fully saturated rings. The van der Waals surface area contributed by atoms with E-state index in [-0.39, 0.29) is 0 Å². The standard InChI is InChI=1S/C23H25FN8S/c1-4-32-21(30(3)22-28-19(18(9-25)33-22)15(2)6-5-7-24)17-8-16(10-27-20(17)29-32)31-13-23(14-31)11-26-12-23/h5-6,8,10,26H,2,4,7,11-14H2,1,3H3/b6-5-. The lowest BCUT2D eigenvalue weighted by Crippen LogP contribution is -2.71. The van der Waals surface area contributed by atoms with Gasteiger partial charge in [-0.2, -0.15) is 10.4 Å². The first-order valence-electron chi connectivity index (χ1n) is 10.9. The van der Waals surface area contributed by atoms with Crippen molar-refractivity contribution in [3.05, 3.63) is 41.6 Å². The van der Waals surface area contributed by atoms with E-state index in [2.05, 4.69) is 44.0 Å². The van der Waals surface area contributed by atoms with Crippen LogP contribution in [0.3, 0.4) is 0 Å². The first-order chi connectivity index (χ1) is 16.0. The Hall–Kier alpha value is -3.29. The van der Waals surface area contributed by atoms with E-state index in [9.17, 15) is 9.65 Å². The summed E-state index contributed by atoms with van der Waals surface area (Å²) in [6.07, 6.45) is 4.81. The molecule has 0 aromatic carbocycles. The van der Waals surface area contributed by atoms with Gasteiger partial charge in [-0.15, -0.1) is 0 Å². The van der Waals surface area contributed by atoms with E-state index >= 15 is 0 Å². The Bertz CT molecular complexity index is 1290. The smallest absolute Gasteiger partial charge is 0.192 e. The van der Waals surface area contributed by atoms with Crippen LogP contribution >= 0.6 is 11.3 Å². The lowest BCUT2D eigenvalue weighted by molar-refractivity contribution is 0.121. The number of nitrogens with one attached hydrogen (secondary N) is 1. The molecule has 170 valence electrons. The summed E-state index contributed by atoms with van der Waals surface area (Å²) < 4.78 is 14.4. The fourth-order valence-corrected chi connectivity index (χ4v) is 5.35. The second-order valence-corrected chi connectivity index (χ2v) is 9.57. The topological polar surface area (TPSA) is 85.9 Å². The van der Waals surface area contributed by atoms with Gasteiger partial charge in [0.15, 0.2) is 10.8 Å². The van der Waals surface area contributed by atoms with Gasteiger partial charge in [0.2, 0.25) is 0 Å². The highest BCUT2D eigenvalue weighted by Crippen LogP contribution is 2.40. The third-order valence-electron chi connectivity index (χ3n) is 6.30. The molecule has 8 nitrogen and oxygen atoms in total. The normalized spacial score (nSPS) is 16.7. The van der Waals surface area contributed by atoms with E-state index in [1.54, 1.807) is 6.08 Å². The van der Waals surface area contributed by atoms with Gasteiger partial charge in [0.05, 0.1) is 17.3 Å². The van der Waals surface area contributed by atoms with Gasteiger partial charge in [-0.25, -0.2) is 19.0 Å². The van der Waals surface area contributed by atoms with Gasteiger partial charge >= 0.3 is 0 Å². The van der Waals surface area contributed by atoms with E-state index in [4.69, 9.17) is 0 Å². The molecule has 1 spiro atoms. The number of aryl methyl sites for hydroxylation is 1. The number of thiazole rings is 1. The SMILES string of the molecule is C=C(/C=C\CF)c1nc(N(C)c2c3cc(N4CC5(CNC5)C4)cnc3nn2CC)sc1C#N. The van der Waals surface area contributed by atoms with Crippen LogP contribution in [0.25, 0.3) is 16.6 Å². The highest BCUT2D eigenvalue weighted by atomic mass is 32.1. The van der Waals surface area contributed by atoms with E-state index < -0.39 is 6.67 Å². The number of nitriles is 1. The van der Waals surface area contributed by atoms with Crippen molar-refractivity contribution in [2.75, 3.05) is 49.7 Å². The van der Waals surface area contributed by atoms with Crippen molar-refractivity contribution in [1.82, 2.24) is 25.1 Å². The number of halogens is 1. The molecule has 33 heavy (non-hydrogen) atoms. The quantitative estimate of drug-likeness (QED) is 0.536. The van der Waals surface area contributed by atoms with Crippen LogP contribution in [-0.4, -0.2) is 59.6 Å². The second-order valence-electron chi connectivity index (χ2n) is 8.59. The van der Waals surface area contributed by atoms with E-state index in [0.29, 0.717) is 38.9 Å². The molecule has 0 bridgehead atoms. The number of hydrogen-bond donors (Lipinski definition) is 1. The predicted molar refractivity (Wildman–Crippen MR) is 130 cm³/mol. The van der Waals surface area contributed by atoms with Crippen LogP contribution in [0.2, 0.25) is 0 Å². The Balaban J connectivity index is 1.51. The molecule has 0 amide bonds. The average molecular weight is 465 g/mol. The van der Waals surface area contributed by atoms with Crippen molar-refractivity contribution in [2.24, 2.45) is 5.41 Å². The maximum Gasteiger partial charge on any atom is 0.192 e. The number of anilines is 3. The molecular formula is C23H25FN8S. The molecule has 1 N–H and O–H groups in total. The van der Waals surface area contributed by atoms with E-state index in [1.807, 2.05) is 29.7 Å². The summed E-state index contributed by atoms with van der Waals surface area (Å²) in [4.78, 5) is 14.0. The van der Waals surface area contributed by atoms with Gasteiger partial charge in [0.1, 0.15) is 29.1 Å². The summed E-state index contributed by atoms with van der Waals surface area (Å²) in [6.45, 7) is 10.3. The number of alkyl halides is 1. The van der Waals surface area contributed by atoms with Gasteiger partial charge < -0.3 is 15.1 Å². The minimum Gasteiger partial charge on any atom is -0.369 e. The zero-order valence-corrected chi connectivity index (χ0v) is 19.5. The summed E-state index contributed by atoms with van der Waals surface area (Å²) in [5.41, 5.74) is 3.17. The maximum absolute atomic E-state index is 12.5. The number of aromatic nitrogens is 4. The Morgan fingerprint density at radius 2 is 2.24 bits per heavy atom. The largest absolute Gasteiger partial charge is 0.369 e. The highest BCUT2D eigenvalue weighted by molar-refractivity contribution is 7.16. The molecule has 0 aliphatic carbocycles.